The van der Waals surface area contributed by atoms with Crippen molar-refractivity contribution < 1.29 is 12.8 Å². The van der Waals surface area contributed by atoms with E-state index in [1.807, 2.05) is 13.1 Å². The molecule has 1 aliphatic rings. The molecule has 1 aromatic carbocycles. The molecule has 130 valence electrons. The molecule has 24 heavy (non-hydrogen) atoms. The Bertz CT molecular complexity index is 786. The summed E-state index contributed by atoms with van der Waals surface area (Å²) in [6.45, 7) is 3.82. The van der Waals surface area contributed by atoms with E-state index in [2.05, 4.69) is 9.55 Å². The molecule has 0 unspecified atom stereocenters. The highest BCUT2D eigenvalue weighted by molar-refractivity contribution is 7.88. The average Bonchev–Trinajstić information content (AvgIpc) is 2.95. The maximum absolute atomic E-state index is 13.0. The Labute approximate surface area is 142 Å². The standard InChI is InChI=1S/C17H22FN3O2S/c1-14-19-8-10-20(14)11-16-3-2-9-21(12-16)24(22,23)13-15-4-6-17(18)7-5-15/h4-8,10,16H,2-3,9,11-13H2,1H3/t16-/m0/s1. The van der Waals surface area contributed by atoms with E-state index < -0.39 is 10.0 Å². The van der Waals surface area contributed by atoms with Gasteiger partial charge < -0.3 is 4.57 Å². The third-order valence-electron chi connectivity index (χ3n) is 4.52. The van der Waals surface area contributed by atoms with Gasteiger partial charge in [-0.15, -0.1) is 0 Å². The third-order valence-corrected chi connectivity index (χ3v) is 6.33. The van der Waals surface area contributed by atoms with Crippen LogP contribution in [0.5, 0.6) is 0 Å². The van der Waals surface area contributed by atoms with Crippen molar-refractivity contribution in [2.75, 3.05) is 13.1 Å². The predicted octanol–water partition coefficient (Wildman–Crippen LogP) is 2.57. The molecule has 1 atom stereocenters. The third kappa shape index (κ3) is 4.02. The number of halogens is 1. The van der Waals surface area contributed by atoms with Gasteiger partial charge in [0.1, 0.15) is 11.6 Å². The lowest BCUT2D eigenvalue weighted by atomic mass is 10.00. The van der Waals surface area contributed by atoms with E-state index in [4.69, 9.17) is 0 Å². The highest BCUT2D eigenvalue weighted by atomic mass is 32.2. The van der Waals surface area contributed by atoms with Crippen LogP contribution in [0.25, 0.3) is 0 Å². The van der Waals surface area contributed by atoms with Gasteiger partial charge in [-0.05, 0) is 43.4 Å². The van der Waals surface area contributed by atoms with Crippen LogP contribution in [-0.4, -0.2) is 35.4 Å². The topological polar surface area (TPSA) is 55.2 Å². The van der Waals surface area contributed by atoms with Crippen LogP contribution in [0, 0.1) is 18.7 Å². The molecular weight excluding hydrogens is 329 g/mol. The van der Waals surface area contributed by atoms with E-state index >= 15 is 0 Å². The first-order chi connectivity index (χ1) is 11.4. The van der Waals surface area contributed by atoms with E-state index in [1.165, 1.54) is 24.3 Å². The molecular formula is C17H22FN3O2S. The molecule has 7 heteroatoms. The summed E-state index contributed by atoms with van der Waals surface area (Å²) in [4.78, 5) is 4.21. The molecule has 3 rings (SSSR count). The number of imidazole rings is 1. The highest BCUT2D eigenvalue weighted by Crippen LogP contribution is 2.23. The van der Waals surface area contributed by atoms with Gasteiger partial charge in [0.15, 0.2) is 0 Å². The number of piperidine rings is 1. The lowest BCUT2D eigenvalue weighted by Crippen LogP contribution is -2.41. The van der Waals surface area contributed by atoms with Gasteiger partial charge in [-0.1, -0.05) is 12.1 Å². The van der Waals surface area contributed by atoms with Crippen molar-refractivity contribution in [1.82, 2.24) is 13.9 Å². The van der Waals surface area contributed by atoms with Gasteiger partial charge >= 0.3 is 0 Å². The van der Waals surface area contributed by atoms with Crippen molar-refractivity contribution in [2.45, 2.75) is 32.1 Å². The van der Waals surface area contributed by atoms with Crippen molar-refractivity contribution in [3.63, 3.8) is 0 Å². The lowest BCUT2D eigenvalue weighted by Gasteiger charge is -2.32. The summed E-state index contributed by atoms with van der Waals surface area (Å²) < 4.78 is 42.0. The zero-order valence-electron chi connectivity index (χ0n) is 13.7. The Morgan fingerprint density at radius 2 is 2.04 bits per heavy atom. The first kappa shape index (κ1) is 17.1. The second kappa shape index (κ2) is 7.03. The fourth-order valence-electron chi connectivity index (χ4n) is 3.19. The van der Waals surface area contributed by atoms with Gasteiger partial charge in [-0.25, -0.2) is 22.1 Å². The molecule has 1 fully saturated rings. The van der Waals surface area contributed by atoms with Crippen molar-refractivity contribution in [3.05, 3.63) is 53.9 Å². The number of nitrogens with zero attached hydrogens (tertiary/aromatic N) is 3. The molecule has 0 aliphatic carbocycles. The SMILES string of the molecule is Cc1nccn1C[C@@H]1CCCN(S(=O)(=O)Cc2ccc(F)cc2)C1. The summed E-state index contributed by atoms with van der Waals surface area (Å²) in [5.74, 6) is 0.796. The van der Waals surface area contributed by atoms with Crippen LogP contribution in [0.3, 0.4) is 0 Å². The molecule has 2 heterocycles. The Morgan fingerprint density at radius 3 is 2.71 bits per heavy atom. The van der Waals surface area contributed by atoms with Crippen molar-refractivity contribution in [3.8, 4) is 0 Å². The molecule has 0 saturated carbocycles. The Balaban J connectivity index is 1.66. The maximum atomic E-state index is 13.0. The van der Waals surface area contributed by atoms with Gasteiger partial charge in [-0.3, -0.25) is 0 Å². The quantitative estimate of drug-likeness (QED) is 0.832. The molecule has 0 spiro atoms. The smallest absolute Gasteiger partial charge is 0.218 e. The largest absolute Gasteiger partial charge is 0.335 e. The van der Waals surface area contributed by atoms with Gasteiger partial charge in [0.25, 0.3) is 0 Å². The Morgan fingerprint density at radius 1 is 1.29 bits per heavy atom. The van der Waals surface area contributed by atoms with E-state index in [-0.39, 0.29) is 17.5 Å². The summed E-state index contributed by atoms with van der Waals surface area (Å²) >= 11 is 0. The highest BCUT2D eigenvalue weighted by Gasteiger charge is 2.29. The monoisotopic (exact) mass is 351 g/mol. The maximum Gasteiger partial charge on any atom is 0.218 e. The van der Waals surface area contributed by atoms with Crippen LogP contribution in [0.1, 0.15) is 24.2 Å². The Kier molecular flexibility index (Phi) is 5.01. The molecule has 1 aliphatic heterocycles. The van der Waals surface area contributed by atoms with Gasteiger partial charge in [0.2, 0.25) is 10.0 Å². The van der Waals surface area contributed by atoms with Gasteiger partial charge in [0, 0.05) is 32.0 Å². The fourth-order valence-corrected chi connectivity index (χ4v) is 4.83. The second-order valence-electron chi connectivity index (χ2n) is 6.38. The van der Waals surface area contributed by atoms with Crippen LogP contribution in [0.15, 0.2) is 36.7 Å². The fraction of sp³-hybridized carbons (Fsp3) is 0.471. The number of hydrogen-bond donors (Lipinski definition) is 0. The van der Waals surface area contributed by atoms with Gasteiger partial charge in [-0.2, -0.15) is 0 Å². The molecule has 0 N–H and O–H groups in total. The molecule has 2 aromatic rings. The molecule has 5 nitrogen and oxygen atoms in total. The second-order valence-corrected chi connectivity index (χ2v) is 8.34. The molecule has 1 aromatic heterocycles. The molecule has 0 bridgehead atoms. The minimum atomic E-state index is -3.39. The first-order valence-corrected chi connectivity index (χ1v) is 9.75. The predicted molar refractivity (Wildman–Crippen MR) is 90.3 cm³/mol. The number of hydrogen-bond acceptors (Lipinski definition) is 3. The first-order valence-electron chi connectivity index (χ1n) is 8.14. The summed E-state index contributed by atoms with van der Waals surface area (Å²) in [6.07, 6.45) is 5.57. The molecule has 1 saturated heterocycles. The van der Waals surface area contributed by atoms with E-state index in [0.717, 1.165) is 25.2 Å². The number of benzene rings is 1. The van der Waals surface area contributed by atoms with Crippen molar-refractivity contribution in [2.24, 2.45) is 5.92 Å². The summed E-state index contributed by atoms with van der Waals surface area (Å²) in [5, 5.41) is 0. The van der Waals surface area contributed by atoms with Crippen LogP contribution in [0.4, 0.5) is 4.39 Å². The van der Waals surface area contributed by atoms with Crippen LogP contribution >= 0.6 is 0 Å². The lowest BCUT2D eigenvalue weighted by molar-refractivity contribution is 0.244. The number of sulfonamides is 1. The average molecular weight is 351 g/mol. The summed E-state index contributed by atoms with van der Waals surface area (Å²) in [6, 6.07) is 5.66. The van der Waals surface area contributed by atoms with Gasteiger partial charge in [0.05, 0.1) is 5.75 Å². The minimum absolute atomic E-state index is 0.0793. The number of rotatable bonds is 5. The van der Waals surface area contributed by atoms with Crippen LogP contribution < -0.4 is 0 Å². The summed E-state index contributed by atoms with van der Waals surface area (Å²) in [5.41, 5.74) is 0.615. The van der Waals surface area contributed by atoms with E-state index in [1.54, 1.807) is 10.5 Å². The van der Waals surface area contributed by atoms with E-state index in [0.29, 0.717) is 18.7 Å². The number of aromatic nitrogens is 2. The zero-order valence-corrected chi connectivity index (χ0v) is 14.5. The van der Waals surface area contributed by atoms with Crippen LogP contribution in [0.2, 0.25) is 0 Å². The minimum Gasteiger partial charge on any atom is -0.335 e. The van der Waals surface area contributed by atoms with E-state index in [9.17, 15) is 12.8 Å². The molecule has 0 radical (unpaired) electrons. The normalized spacial score (nSPS) is 19.5. The zero-order chi connectivity index (χ0) is 17.2. The van der Waals surface area contributed by atoms with Crippen molar-refractivity contribution >= 4 is 10.0 Å². The van der Waals surface area contributed by atoms with Crippen LogP contribution in [-0.2, 0) is 22.3 Å². The molecule has 0 amide bonds. The Hall–Kier alpha value is -1.73. The summed E-state index contributed by atoms with van der Waals surface area (Å²) in [7, 11) is -3.39. The number of aryl methyl sites for hydroxylation is 1. The van der Waals surface area contributed by atoms with Crippen molar-refractivity contribution in [1.29, 1.82) is 0 Å².